The summed E-state index contributed by atoms with van der Waals surface area (Å²) in [5.74, 6) is 0.159. The average molecular weight is 372 g/mol. The van der Waals surface area contributed by atoms with Crippen LogP contribution >= 0.6 is 23.1 Å². The maximum Gasteiger partial charge on any atom is 0.235 e. The Labute approximate surface area is 143 Å². The van der Waals surface area contributed by atoms with E-state index in [1.54, 1.807) is 11.9 Å². The van der Waals surface area contributed by atoms with Crippen molar-refractivity contribution in [3.63, 3.8) is 0 Å². The molecule has 3 rings (SSSR count). The van der Waals surface area contributed by atoms with Gasteiger partial charge in [0.2, 0.25) is 5.91 Å². The molecule has 0 N–H and O–H groups in total. The van der Waals surface area contributed by atoms with Gasteiger partial charge in [0.1, 0.15) is 16.2 Å². The minimum absolute atomic E-state index is 0.0644. The molecular formula is C14H17N3O3S3. The molecule has 3 heterocycles. The number of thiophene rings is 1. The Hall–Kier alpha value is -1.19. The third-order valence-electron chi connectivity index (χ3n) is 3.97. The minimum Gasteiger partial charge on any atom is -0.341 e. The van der Waals surface area contributed by atoms with Crippen molar-refractivity contribution < 1.29 is 13.2 Å². The van der Waals surface area contributed by atoms with Crippen molar-refractivity contribution in [3.8, 4) is 0 Å². The van der Waals surface area contributed by atoms with E-state index in [4.69, 9.17) is 0 Å². The first-order valence-corrected chi connectivity index (χ1v) is 10.8. The van der Waals surface area contributed by atoms with Crippen molar-refractivity contribution in [2.24, 2.45) is 0 Å². The molecule has 0 bridgehead atoms. The Morgan fingerprint density at radius 3 is 2.96 bits per heavy atom. The van der Waals surface area contributed by atoms with Crippen LogP contribution in [0.2, 0.25) is 0 Å². The van der Waals surface area contributed by atoms with Crippen LogP contribution in [0.3, 0.4) is 0 Å². The third kappa shape index (κ3) is 3.51. The zero-order valence-corrected chi connectivity index (χ0v) is 15.2. The van der Waals surface area contributed by atoms with Gasteiger partial charge in [-0.15, -0.1) is 11.3 Å². The number of sulfone groups is 1. The van der Waals surface area contributed by atoms with Crippen molar-refractivity contribution in [1.29, 1.82) is 0 Å². The fourth-order valence-corrected chi connectivity index (χ4v) is 6.20. The molecule has 124 valence electrons. The highest BCUT2D eigenvalue weighted by Gasteiger charge is 2.34. The van der Waals surface area contributed by atoms with Crippen molar-refractivity contribution in [2.45, 2.75) is 29.7 Å². The van der Waals surface area contributed by atoms with E-state index in [1.807, 2.05) is 18.4 Å². The molecule has 23 heavy (non-hydrogen) atoms. The predicted molar refractivity (Wildman–Crippen MR) is 92.6 cm³/mol. The second-order valence-corrected chi connectivity index (χ2v) is 10.0. The van der Waals surface area contributed by atoms with Crippen LogP contribution in [-0.2, 0) is 14.6 Å². The van der Waals surface area contributed by atoms with Gasteiger partial charge in [-0.2, -0.15) is 0 Å². The number of carbonyl (C=O) groups is 1. The number of carbonyl (C=O) groups excluding carboxylic acids is 1. The van der Waals surface area contributed by atoms with Gasteiger partial charge in [0, 0.05) is 18.5 Å². The molecule has 1 aliphatic heterocycles. The van der Waals surface area contributed by atoms with Gasteiger partial charge in [0.25, 0.3) is 0 Å². The lowest BCUT2D eigenvalue weighted by atomic mass is 10.2. The first kappa shape index (κ1) is 16.7. The lowest BCUT2D eigenvalue weighted by molar-refractivity contribution is -0.130. The summed E-state index contributed by atoms with van der Waals surface area (Å²) in [6.07, 6.45) is 2.02. The highest BCUT2D eigenvalue weighted by atomic mass is 32.2. The van der Waals surface area contributed by atoms with Crippen molar-refractivity contribution in [3.05, 3.63) is 17.8 Å². The summed E-state index contributed by atoms with van der Waals surface area (Å²) in [6, 6.07) is 1.73. The highest BCUT2D eigenvalue weighted by Crippen LogP contribution is 2.31. The van der Waals surface area contributed by atoms with Crippen LogP contribution in [0.5, 0.6) is 0 Å². The first-order valence-electron chi connectivity index (χ1n) is 7.19. The number of hydrogen-bond donors (Lipinski definition) is 0. The van der Waals surface area contributed by atoms with Crippen LogP contribution in [0.4, 0.5) is 0 Å². The fourth-order valence-electron chi connectivity index (χ4n) is 2.63. The van der Waals surface area contributed by atoms with Gasteiger partial charge in [-0.05, 0) is 24.8 Å². The average Bonchev–Trinajstić information content (AvgIpc) is 3.12. The van der Waals surface area contributed by atoms with E-state index >= 15 is 0 Å². The third-order valence-corrected chi connectivity index (χ3v) is 7.64. The Balaban J connectivity index is 1.71. The van der Waals surface area contributed by atoms with Crippen LogP contribution in [0.15, 0.2) is 22.8 Å². The number of fused-ring (bicyclic) bond motifs is 1. The van der Waals surface area contributed by atoms with Crippen molar-refractivity contribution >= 4 is 49.1 Å². The van der Waals surface area contributed by atoms with Crippen molar-refractivity contribution in [1.82, 2.24) is 14.9 Å². The summed E-state index contributed by atoms with van der Waals surface area (Å²) >= 11 is 2.92. The number of aromatic nitrogens is 2. The molecule has 1 amide bonds. The first-order chi connectivity index (χ1) is 10.9. The van der Waals surface area contributed by atoms with E-state index in [2.05, 4.69) is 9.97 Å². The molecule has 9 heteroatoms. The molecule has 0 aromatic carbocycles. The number of rotatable bonds is 4. The molecule has 1 fully saturated rings. The molecule has 0 saturated carbocycles. The van der Waals surface area contributed by atoms with Gasteiger partial charge in [0.15, 0.2) is 9.84 Å². The summed E-state index contributed by atoms with van der Waals surface area (Å²) in [6.45, 7) is 1.83. The molecule has 0 radical (unpaired) electrons. The standard InChI is InChI=1S/C14H17N3O3S3/c1-9(14(18)17(2)10-4-6-23(19,20)7-10)22-13-11-3-5-21-12(11)15-8-16-13/h3,5,8-10H,4,6-7H2,1-2H3/t9-,10-/m0/s1. The van der Waals surface area contributed by atoms with Crippen LogP contribution in [0.25, 0.3) is 10.2 Å². The molecule has 0 aliphatic carbocycles. The van der Waals surface area contributed by atoms with Crippen LogP contribution in [-0.4, -0.2) is 59.0 Å². The Bertz CT molecular complexity index is 834. The monoisotopic (exact) mass is 371 g/mol. The molecule has 1 saturated heterocycles. The van der Waals surface area contributed by atoms with E-state index in [0.717, 1.165) is 15.2 Å². The van der Waals surface area contributed by atoms with Gasteiger partial charge >= 0.3 is 0 Å². The molecule has 2 aromatic rings. The fraction of sp³-hybridized carbons (Fsp3) is 0.500. The van der Waals surface area contributed by atoms with Gasteiger partial charge in [-0.1, -0.05) is 11.8 Å². The topological polar surface area (TPSA) is 80.2 Å². The maximum absolute atomic E-state index is 12.6. The molecular weight excluding hydrogens is 354 g/mol. The SMILES string of the molecule is C[C@H](Sc1ncnc2sccc12)C(=O)N(C)[C@H]1CCS(=O)(=O)C1. The molecule has 6 nitrogen and oxygen atoms in total. The number of amides is 1. The molecule has 2 aromatic heterocycles. The molecule has 0 unspecified atom stereocenters. The number of nitrogens with zero attached hydrogens (tertiary/aromatic N) is 3. The Kier molecular flexibility index (Phi) is 4.61. The lowest BCUT2D eigenvalue weighted by Gasteiger charge is -2.26. The van der Waals surface area contributed by atoms with Crippen molar-refractivity contribution in [2.75, 3.05) is 18.6 Å². The smallest absolute Gasteiger partial charge is 0.235 e. The number of hydrogen-bond acceptors (Lipinski definition) is 7. The molecule has 0 spiro atoms. The van der Waals surface area contributed by atoms with Gasteiger partial charge in [-0.25, -0.2) is 18.4 Å². The lowest BCUT2D eigenvalue weighted by Crippen LogP contribution is -2.41. The summed E-state index contributed by atoms with van der Waals surface area (Å²) in [5.41, 5.74) is 0. The van der Waals surface area contributed by atoms with Crippen LogP contribution in [0, 0.1) is 0 Å². The maximum atomic E-state index is 12.6. The van der Waals surface area contributed by atoms with Gasteiger partial charge in [0.05, 0.1) is 16.8 Å². The normalized spacial score (nSPS) is 21.4. The highest BCUT2D eigenvalue weighted by molar-refractivity contribution is 8.00. The molecule has 2 atom stereocenters. The van der Waals surface area contributed by atoms with Crippen LogP contribution in [0.1, 0.15) is 13.3 Å². The second kappa shape index (κ2) is 6.37. The van der Waals surface area contributed by atoms with Crippen LogP contribution < -0.4 is 0 Å². The van der Waals surface area contributed by atoms with Gasteiger partial charge < -0.3 is 4.90 Å². The summed E-state index contributed by atoms with van der Waals surface area (Å²) < 4.78 is 23.2. The summed E-state index contributed by atoms with van der Waals surface area (Å²) in [5, 5.41) is 3.35. The molecule has 1 aliphatic rings. The Morgan fingerprint density at radius 1 is 1.48 bits per heavy atom. The predicted octanol–water partition coefficient (Wildman–Crippen LogP) is 1.82. The van der Waals surface area contributed by atoms with E-state index in [0.29, 0.717) is 6.42 Å². The minimum atomic E-state index is -3.00. The summed E-state index contributed by atoms with van der Waals surface area (Å²) in [7, 11) is -1.31. The van der Waals surface area contributed by atoms with E-state index in [-0.39, 0.29) is 28.7 Å². The van der Waals surface area contributed by atoms with E-state index < -0.39 is 9.84 Å². The second-order valence-electron chi connectivity index (χ2n) is 5.58. The zero-order chi connectivity index (χ0) is 16.6. The van der Waals surface area contributed by atoms with E-state index in [1.165, 1.54) is 29.4 Å². The Morgan fingerprint density at radius 2 is 2.26 bits per heavy atom. The number of thioether (sulfide) groups is 1. The zero-order valence-electron chi connectivity index (χ0n) is 12.8. The van der Waals surface area contributed by atoms with Gasteiger partial charge in [-0.3, -0.25) is 4.79 Å². The van der Waals surface area contributed by atoms with E-state index in [9.17, 15) is 13.2 Å². The largest absolute Gasteiger partial charge is 0.341 e. The summed E-state index contributed by atoms with van der Waals surface area (Å²) in [4.78, 5) is 23.5. The quantitative estimate of drug-likeness (QED) is 0.602.